The third kappa shape index (κ3) is 2.88. The minimum atomic E-state index is 0.227. The van der Waals surface area contributed by atoms with Gasteiger partial charge < -0.3 is 15.2 Å². The number of rotatable bonds is 4. The van der Waals surface area contributed by atoms with Gasteiger partial charge in [0.25, 0.3) is 0 Å². The fraction of sp³-hybridized carbons (Fsp3) is 0.357. The molecule has 0 radical (unpaired) electrons. The van der Waals surface area contributed by atoms with Gasteiger partial charge in [0.15, 0.2) is 5.75 Å². The van der Waals surface area contributed by atoms with Gasteiger partial charge in [-0.25, -0.2) is 4.68 Å². The predicted octanol–water partition coefficient (Wildman–Crippen LogP) is 1.71. The Kier molecular flexibility index (Phi) is 3.37. The minimum Gasteiger partial charge on any atom is -0.508 e. The maximum Gasteiger partial charge on any atom is 0.157 e. The first-order valence-corrected chi connectivity index (χ1v) is 6.51. The molecule has 5 nitrogen and oxygen atoms in total. The molecular formula is C14H17N3O2. The first-order valence-electron chi connectivity index (χ1n) is 6.51. The van der Waals surface area contributed by atoms with Crippen LogP contribution in [0.5, 0.6) is 11.5 Å². The number of phenols is 1. The number of hydrogen-bond donors (Lipinski definition) is 2. The van der Waals surface area contributed by atoms with Gasteiger partial charge in [0.1, 0.15) is 12.4 Å². The normalized spacial score (nSPS) is 18.6. The Balaban J connectivity index is 1.65. The quantitative estimate of drug-likeness (QED) is 0.877. The van der Waals surface area contributed by atoms with E-state index < -0.39 is 0 Å². The Labute approximate surface area is 111 Å². The molecule has 2 heterocycles. The summed E-state index contributed by atoms with van der Waals surface area (Å²) in [7, 11) is 0. The molecule has 3 rings (SSSR count). The summed E-state index contributed by atoms with van der Waals surface area (Å²) in [5, 5.41) is 17.1. The summed E-state index contributed by atoms with van der Waals surface area (Å²) in [6, 6.07) is 7.42. The van der Waals surface area contributed by atoms with Crippen molar-refractivity contribution in [3.05, 3.63) is 36.7 Å². The summed E-state index contributed by atoms with van der Waals surface area (Å²) in [6.45, 7) is 1.75. The molecule has 0 spiro atoms. The van der Waals surface area contributed by atoms with E-state index in [2.05, 4.69) is 10.4 Å². The van der Waals surface area contributed by atoms with Gasteiger partial charge >= 0.3 is 0 Å². The van der Waals surface area contributed by atoms with Crippen molar-refractivity contribution in [2.75, 3.05) is 13.2 Å². The highest BCUT2D eigenvalue weighted by Gasteiger charge is 2.14. The topological polar surface area (TPSA) is 59.3 Å². The molecule has 0 amide bonds. The average molecular weight is 259 g/mol. The van der Waals surface area contributed by atoms with Crippen LogP contribution in [0.3, 0.4) is 0 Å². The molecule has 1 saturated heterocycles. The van der Waals surface area contributed by atoms with Gasteiger partial charge in [-0.2, -0.15) is 5.10 Å². The lowest BCUT2D eigenvalue weighted by Gasteiger charge is -2.10. The van der Waals surface area contributed by atoms with E-state index in [1.165, 1.54) is 12.8 Å². The predicted molar refractivity (Wildman–Crippen MR) is 71.7 cm³/mol. The Hall–Kier alpha value is -2.01. The van der Waals surface area contributed by atoms with Gasteiger partial charge in [-0.3, -0.25) is 0 Å². The zero-order valence-electron chi connectivity index (χ0n) is 10.6. The lowest BCUT2D eigenvalue weighted by molar-refractivity contribution is 0.277. The average Bonchev–Trinajstić information content (AvgIpc) is 3.08. The van der Waals surface area contributed by atoms with Crippen LogP contribution in [0.25, 0.3) is 5.69 Å². The largest absolute Gasteiger partial charge is 0.508 e. The monoisotopic (exact) mass is 259 g/mol. The van der Waals surface area contributed by atoms with Crippen molar-refractivity contribution in [1.29, 1.82) is 0 Å². The van der Waals surface area contributed by atoms with Crippen molar-refractivity contribution in [2.24, 2.45) is 0 Å². The van der Waals surface area contributed by atoms with Crippen LogP contribution in [0.2, 0.25) is 0 Å². The second kappa shape index (κ2) is 5.32. The number of aromatic hydroxyl groups is 1. The maximum atomic E-state index is 9.45. The Bertz CT molecular complexity index is 547. The van der Waals surface area contributed by atoms with E-state index in [0.717, 1.165) is 18.0 Å². The van der Waals surface area contributed by atoms with Crippen LogP contribution >= 0.6 is 0 Å². The fourth-order valence-corrected chi connectivity index (χ4v) is 2.25. The number of aromatic nitrogens is 2. The maximum absolute atomic E-state index is 9.45. The van der Waals surface area contributed by atoms with Crippen LogP contribution in [-0.2, 0) is 0 Å². The van der Waals surface area contributed by atoms with E-state index in [1.807, 2.05) is 12.3 Å². The number of benzene rings is 1. The number of hydrogen-bond acceptors (Lipinski definition) is 4. The van der Waals surface area contributed by atoms with Crippen molar-refractivity contribution >= 4 is 0 Å². The molecule has 0 saturated carbocycles. The van der Waals surface area contributed by atoms with E-state index in [0.29, 0.717) is 12.6 Å². The summed E-state index contributed by atoms with van der Waals surface area (Å²) in [6.07, 6.45) is 5.90. The summed E-state index contributed by atoms with van der Waals surface area (Å²) in [4.78, 5) is 0. The van der Waals surface area contributed by atoms with Crippen LogP contribution in [0, 0.1) is 0 Å². The smallest absolute Gasteiger partial charge is 0.157 e. The van der Waals surface area contributed by atoms with Gasteiger partial charge in [0.05, 0.1) is 18.1 Å². The summed E-state index contributed by atoms with van der Waals surface area (Å²) in [5.41, 5.74) is 0.814. The zero-order chi connectivity index (χ0) is 13.1. The van der Waals surface area contributed by atoms with Gasteiger partial charge in [0.2, 0.25) is 0 Å². The van der Waals surface area contributed by atoms with E-state index in [1.54, 1.807) is 29.1 Å². The molecule has 1 atom stereocenters. The number of ether oxygens (including phenoxy) is 1. The zero-order valence-corrected chi connectivity index (χ0v) is 10.6. The molecule has 1 aliphatic heterocycles. The van der Waals surface area contributed by atoms with E-state index in [-0.39, 0.29) is 5.75 Å². The van der Waals surface area contributed by atoms with Crippen LogP contribution in [0.4, 0.5) is 0 Å². The molecule has 2 N–H and O–H groups in total. The lowest BCUT2D eigenvalue weighted by atomic mass is 10.2. The second-order valence-electron chi connectivity index (χ2n) is 4.74. The highest BCUT2D eigenvalue weighted by molar-refractivity contribution is 5.38. The molecule has 1 aliphatic rings. The molecule has 1 aromatic heterocycles. The van der Waals surface area contributed by atoms with Crippen LogP contribution in [0.15, 0.2) is 36.7 Å². The molecule has 5 heteroatoms. The molecular weight excluding hydrogens is 242 g/mol. The van der Waals surface area contributed by atoms with E-state index in [9.17, 15) is 5.11 Å². The van der Waals surface area contributed by atoms with Crippen molar-refractivity contribution < 1.29 is 9.84 Å². The van der Waals surface area contributed by atoms with E-state index >= 15 is 0 Å². The van der Waals surface area contributed by atoms with Gasteiger partial charge in [-0.15, -0.1) is 0 Å². The lowest BCUT2D eigenvalue weighted by Crippen LogP contribution is -2.28. The van der Waals surface area contributed by atoms with Crippen molar-refractivity contribution in [3.8, 4) is 17.2 Å². The van der Waals surface area contributed by atoms with Gasteiger partial charge in [-0.1, -0.05) is 6.07 Å². The SMILES string of the molecule is Oc1cccc(-n2cc(OCC3CCCN3)cn2)c1. The number of nitrogens with one attached hydrogen (secondary N) is 1. The summed E-state index contributed by atoms with van der Waals surface area (Å²) < 4.78 is 7.41. The van der Waals surface area contributed by atoms with E-state index in [4.69, 9.17) is 4.74 Å². The highest BCUT2D eigenvalue weighted by atomic mass is 16.5. The molecule has 2 aromatic rings. The Morgan fingerprint density at radius 2 is 2.42 bits per heavy atom. The first kappa shape index (κ1) is 12.0. The summed E-state index contributed by atoms with van der Waals surface area (Å²) in [5.74, 6) is 0.975. The van der Waals surface area contributed by atoms with Crippen molar-refractivity contribution in [2.45, 2.75) is 18.9 Å². The Morgan fingerprint density at radius 1 is 1.47 bits per heavy atom. The molecule has 1 aromatic carbocycles. The number of phenolic OH excluding ortho intramolecular Hbond substituents is 1. The molecule has 1 fully saturated rings. The Morgan fingerprint density at radius 3 is 3.21 bits per heavy atom. The van der Waals surface area contributed by atoms with Gasteiger partial charge in [0, 0.05) is 12.1 Å². The van der Waals surface area contributed by atoms with Crippen LogP contribution < -0.4 is 10.1 Å². The molecule has 19 heavy (non-hydrogen) atoms. The first-order chi connectivity index (χ1) is 9.31. The molecule has 1 unspecified atom stereocenters. The second-order valence-corrected chi connectivity index (χ2v) is 4.74. The fourth-order valence-electron chi connectivity index (χ4n) is 2.25. The highest BCUT2D eigenvalue weighted by Crippen LogP contribution is 2.18. The molecule has 0 aliphatic carbocycles. The van der Waals surface area contributed by atoms with Gasteiger partial charge in [-0.05, 0) is 31.5 Å². The molecule has 0 bridgehead atoms. The third-order valence-corrected chi connectivity index (χ3v) is 3.27. The van der Waals surface area contributed by atoms with Crippen LogP contribution in [-0.4, -0.2) is 34.1 Å². The minimum absolute atomic E-state index is 0.227. The molecule has 100 valence electrons. The third-order valence-electron chi connectivity index (χ3n) is 3.27. The van der Waals surface area contributed by atoms with Crippen molar-refractivity contribution in [1.82, 2.24) is 15.1 Å². The number of nitrogens with zero attached hydrogens (tertiary/aromatic N) is 2. The standard InChI is InChI=1S/C14H17N3O2/c18-13-5-1-4-12(7-13)17-9-14(8-16-17)19-10-11-3-2-6-15-11/h1,4-5,7-9,11,15,18H,2-3,6,10H2. The van der Waals surface area contributed by atoms with Crippen molar-refractivity contribution in [3.63, 3.8) is 0 Å². The van der Waals surface area contributed by atoms with Crippen LogP contribution in [0.1, 0.15) is 12.8 Å². The summed E-state index contributed by atoms with van der Waals surface area (Å²) >= 11 is 0.